The summed E-state index contributed by atoms with van der Waals surface area (Å²) in [5.74, 6) is 0.0671. The molecule has 0 radical (unpaired) electrons. The molecule has 2 rings (SSSR count). The molecule has 1 atom stereocenters. The number of nitrogens with zero attached hydrogens (tertiary/aromatic N) is 2. The molecule has 0 spiro atoms. The number of alkyl halides is 1. The van der Waals surface area contributed by atoms with E-state index in [1.165, 1.54) is 18.6 Å². The number of carbonyl (C=O) groups excluding carboxylic acids is 1. The second kappa shape index (κ2) is 5.41. The van der Waals surface area contributed by atoms with E-state index in [0.29, 0.717) is 5.82 Å². The van der Waals surface area contributed by atoms with Gasteiger partial charge in [0.15, 0.2) is 5.82 Å². The zero-order chi connectivity index (χ0) is 12.1. The van der Waals surface area contributed by atoms with Gasteiger partial charge in [-0.15, -0.1) is 11.6 Å². The van der Waals surface area contributed by atoms with Crippen LogP contribution in [0.5, 0.6) is 0 Å². The summed E-state index contributed by atoms with van der Waals surface area (Å²) in [6, 6.07) is 9.14. The van der Waals surface area contributed by atoms with Gasteiger partial charge in [-0.3, -0.25) is 9.78 Å². The summed E-state index contributed by atoms with van der Waals surface area (Å²) >= 11 is 6.05. The number of benzene rings is 1. The first-order valence-electron chi connectivity index (χ1n) is 5.03. The first-order valence-corrected chi connectivity index (χ1v) is 5.47. The SMILES string of the molecule is O=C(Nc1cnccn1)C(Cl)c1ccccc1. The molecule has 0 saturated carbocycles. The molecule has 1 unspecified atom stereocenters. The summed E-state index contributed by atoms with van der Waals surface area (Å²) in [6.07, 6.45) is 4.50. The zero-order valence-electron chi connectivity index (χ0n) is 8.88. The predicted octanol–water partition coefficient (Wildman–Crippen LogP) is 2.40. The Morgan fingerprint density at radius 1 is 1.24 bits per heavy atom. The van der Waals surface area contributed by atoms with Gasteiger partial charge in [0.25, 0.3) is 0 Å². The highest BCUT2D eigenvalue weighted by atomic mass is 35.5. The molecule has 5 heteroatoms. The highest BCUT2D eigenvalue weighted by molar-refractivity contribution is 6.32. The van der Waals surface area contributed by atoms with Crippen LogP contribution in [0.1, 0.15) is 10.9 Å². The largest absolute Gasteiger partial charge is 0.308 e. The molecule has 0 saturated heterocycles. The topological polar surface area (TPSA) is 54.9 Å². The monoisotopic (exact) mass is 247 g/mol. The summed E-state index contributed by atoms with van der Waals surface area (Å²) in [4.78, 5) is 19.6. The van der Waals surface area contributed by atoms with Crippen LogP contribution in [0.15, 0.2) is 48.9 Å². The van der Waals surface area contributed by atoms with Crippen molar-refractivity contribution in [3.05, 3.63) is 54.5 Å². The van der Waals surface area contributed by atoms with E-state index in [4.69, 9.17) is 11.6 Å². The molecule has 0 aliphatic heterocycles. The molecule has 0 fully saturated rings. The molecule has 4 nitrogen and oxygen atoms in total. The standard InChI is InChI=1S/C12H10ClN3O/c13-11(9-4-2-1-3-5-9)12(17)16-10-8-14-6-7-15-10/h1-8,11H,(H,15,16,17). The minimum atomic E-state index is -0.738. The van der Waals surface area contributed by atoms with E-state index >= 15 is 0 Å². The lowest BCUT2D eigenvalue weighted by Crippen LogP contribution is -2.18. The third-order valence-corrected chi connectivity index (χ3v) is 2.59. The van der Waals surface area contributed by atoms with Crippen molar-refractivity contribution >= 4 is 23.3 Å². The number of halogens is 1. The maximum atomic E-state index is 11.8. The Morgan fingerprint density at radius 2 is 2.00 bits per heavy atom. The summed E-state index contributed by atoms with van der Waals surface area (Å²) in [7, 11) is 0. The Hall–Kier alpha value is -1.94. The van der Waals surface area contributed by atoms with Gasteiger partial charge in [-0.25, -0.2) is 4.98 Å². The number of hydrogen-bond donors (Lipinski definition) is 1. The minimum Gasteiger partial charge on any atom is -0.308 e. The van der Waals surface area contributed by atoms with E-state index in [1.54, 1.807) is 12.1 Å². The lowest BCUT2D eigenvalue weighted by Gasteiger charge is -2.09. The van der Waals surface area contributed by atoms with E-state index in [-0.39, 0.29) is 5.91 Å². The minimum absolute atomic E-state index is 0.321. The molecule has 1 N–H and O–H groups in total. The molecule has 1 amide bonds. The van der Waals surface area contributed by atoms with Crippen LogP contribution >= 0.6 is 11.6 Å². The van der Waals surface area contributed by atoms with Crippen molar-refractivity contribution in [2.75, 3.05) is 5.32 Å². The maximum absolute atomic E-state index is 11.8. The third-order valence-electron chi connectivity index (χ3n) is 2.14. The first-order chi connectivity index (χ1) is 8.27. The van der Waals surface area contributed by atoms with Crippen molar-refractivity contribution in [3.8, 4) is 0 Å². The Labute approximate surface area is 104 Å². The fraction of sp³-hybridized carbons (Fsp3) is 0.0833. The van der Waals surface area contributed by atoms with Gasteiger partial charge >= 0.3 is 0 Å². The molecule has 1 aromatic heterocycles. The van der Waals surface area contributed by atoms with Crippen molar-refractivity contribution < 1.29 is 4.79 Å². The van der Waals surface area contributed by atoms with Gasteiger partial charge < -0.3 is 5.32 Å². The van der Waals surface area contributed by atoms with E-state index in [2.05, 4.69) is 15.3 Å². The summed E-state index contributed by atoms with van der Waals surface area (Å²) in [5, 5.41) is 1.86. The molecule has 0 bridgehead atoms. The van der Waals surface area contributed by atoms with Crippen molar-refractivity contribution in [2.45, 2.75) is 5.38 Å². The molecule has 86 valence electrons. The molecular formula is C12H10ClN3O. The second-order valence-corrected chi connectivity index (χ2v) is 3.79. The van der Waals surface area contributed by atoms with Gasteiger partial charge in [-0.2, -0.15) is 0 Å². The van der Waals surface area contributed by atoms with E-state index in [9.17, 15) is 4.79 Å². The maximum Gasteiger partial charge on any atom is 0.248 e. The van der Waals surface area contributed by atoms with Crippen LogP contribution < -0.4 is 5.32 Å². The molecule has 1 aromatic carbocycles. The van der Waals surface area contributed by atoms with Crippen molar-refractivity contribution in [3.63, 3.8) is 0 Å². The number of nitrogens with one attached hydrogen (secondary N) is 1. The quantitative estimate of drug-likeness (QED) is 0.848. The summed E-state index contributed by atoms with van der Waals surface area (Å²) in [6.45, 7) is 0. The average Bonchev–Trinajstić information content (AvgIpc) is 2.40. The number of rotatable bonds is 3. The fourth-order valence-electron chi connectivity index (χ4n) is 1.33. The van der Waals surface area contributed by atoms with Crippen LogP contribution in [-0.4, -0.2) is 15.9 Å². The normalized spacial score (nSPS) is 11.8. The summed E-state index contributed by atoms with van der Waals surface area (Å²) in [5.41, 5.74) is 0.746. The van der Waals surface area contributed by atoms with Gasteiger partial charge in [0.05, 0.1) is 6.20 Å². The molecule has 17 heavy (non-hydrogen) atoms. The van der Waals surface area contributed by atoms with Gasteiger partial charge in [0.1, 0.15) is 5.38 Å². The number of amides is 1. The molecule has 0 aliphatic rings. The molecule has 0 aliphatic carbocycles. The Balaban J connectivity index is 2.06. The molecule has 2 aromatic rings. The van der Waals surface area contributed by atoms with Crippen LogP contribution in [0.2, 0.25) is 0 Å². The highest BCUT2D eigenvalue weighted by Gasteiger charge is 2.17. The van der Waals surface area contributed by atoms with Crippen LogP contribution in [0.25, 0.3) is 0 Å². The second-order valence-electron chi connectivity index (χ2n) is 3.35. The van der Waals surface area contributed by atoms with Gasteiger partial charge in [-0.05, 0) is 5.56 Å². The number of hydrogen-bond acceptors (Lipinski definition) is 3. The fourth-order valence-corrected chi connectivity index (χ4v) is 1.53. The Morgan fingerprint density at radius 3 is 2.65 bits per heavy atom. The predicted molar refractivity (Wildman–Crippen MR) is 65.7 cm³/mol. The van der Waals surface area contributed by atoms with Crippen LogP contribution in [-0.2, 0) is 4.79 Å². The number of carbonyl (C=O) groups is 1. The van der Waals surface area contributed by atoms with Crippen LogP contribution in [0.4, 0.5) is 5.82 Å². The van der Waals surface area contributed by atoms with Crippen LogP contribution in [0.3, 0.4) is 0 Å². The molecular weight excluding hydrogens is 238 g/mol. The van der Waals surface area contributed by atoms with Crippen molar-refractivity contribution in [1.82, 2.24) is 9.97 Å². The third kappa shape index (κ3) is 3.01. The zero-order valence-corrected chi connectivity index (χ0v) is 9.63. The summed E-state index contributed by atoms with van der Waals surface area (Å²) < 4.78 is 0. The van der Waals surface area contributed by atoms with E-state index in [1.807, 2.05) is 18.2 Å². The number of anilines is 1. The smallest absolute Gasteiger partial charge is 0.248 e. The van der Waals surface area contributed by atoms with Crippen LogP contribution in [0, 0.1) is 0 Å². The lowest BCUT2D eigenvalue weighted by atomic mass is 10.1. The van der Waals surface area contributed by atoms with Crippen molar-refractivity contribution in [1.29, 1.82) is 0 Å². The highest BCUT2D eigenvalue weighted by Crippen LogP contribution is 2.21. The lowest BCUT2D eigenvalue weighted by molar-refractivity contribution is -0.116. The van der Waals surface area contributed by atoms with Gasteiger partial charge in [-0.1, -0.05) is 30.3 Å². The van der Waals surface area contributed by atoms with Gasteiger partial charge in [0.2, 0.25) is 5.91 Å². The van der Waals surface area contributed by atoms with E-state index < -0.39 is 5.38 Å². The van der Waals surface area contributed by atoms with Crippen molar-refractivity contribution in [2.24, 2.45) is 0 Å². The van der Waals surface area contributed by atoms with Gasteiger partial charge in [0, 0.05) is 12.4 Å². The molecule has 1 heterocycles. The average molecular weight is 248 g/mol. The first kappa shape index (κ1) is 11.5. The Bertz CT molecular complexity index is 490. The van der Waals surface area contributed by atoms with E-state index in [0.717, 1.165) is 5.56 Å². The number of aromatic nitrogens is 2. The Kier molecular flexibility index (Phi) is 3.67.